The molecule has 0 N–H and O–H groups in total. The van der Waals surface area contributed by atoms with Crippen molar-refractivity contribution in [2.75, 3.05) is 0 Å². The molecular weight excluding hydrogens is 1870 g/mol. The Hall–Kier alpha value is 1.01. The first-order valence-corrected chi connectivity index (χ1v) is 27.7. The maximum Gasteiger partial charge on any atom is 0.0477 e. The molecule has 428 valence electrons. The van der Waals surface area contributed by atoms with Crippen LogP contribution in [-0.4, -0.2) is 18.3 Å². The molecule has 0 saturated carbocycles. The van der Waals surface area contributed by atoms with Gasteiger partial charge in [0.05, 0.1) is 0 Å². The van der Waals surface area contributed by atoms with Gasteiger partial charge in [0.25, 0.3) is 0 Å². The summed E-state index contributed by atoms with van der Waals surface area (Å²) in [5.41, 5.74) is 19.0. The van der Waals surface area contributed by atoms with Crippen LogP contribution in [0.1, 0.15) is 51.4 Å². The fourth-order valence-corrected chi connectivity index (χ4v) is 13.1. The molecule has 0 aliphatic heterocycles. The first-order chi connectivity index (χ1) is 39.2. The van der Waals surface area contributed by atoms with Crippen LogP contribution in [0.15, 0.2) is 194 Å². The minimum atomic E-state index is 0. The summed E-state index contributed by atoms with van der Waals surface area (Å²) in [5, 5.41) is 20.2. The second-order valence-corrected chi connectivity index (χ2v) is 21.9. The Bertz CT molecular complexity index is 5100. The molecule has 0 bridgehead atoms. The van der Waals surface area contributed by atoms with Gasteiger partial charge in [0.1, 0.15) is 0 Å². The molecular formula is C77H63N4Y10-7. The first kappa shape index (κ1) is 86.2. The maximum atomic E-state index is 4.28. The van der Waals surface area contributed by atoms with Crippen LogP contribution in [0.4, 0.5) is 0 Å². The Labute approximate surface area is 788 Å². The number of hydrogen-bond donors (Lipinski definition) is 0. The molecule has 0 amide bonds. The predicted molar refractivity (Wildman–Crippen MR) is 352 cm³/mol. The summed E-state index contributed by atoms with van der Waals surface area (Å²) in [6, 6.07) is 68.7. The molecule has 16 aromatic rings. The fraction of sp³-hybridized carbons (Fsp3) is 0.0779. The zero-order valence-electron chi connectivity index (χ0n) is 52.7. The van der Waals surface area contributed by atoms with Crippen molar-refractivity contribution in [2.45, 2.75) is 13.3 Å². The third-order valence-corrected chi connectivity index (χ3v) is 17.0. The molecule has 4 aromatic heterocycles. The van der Waals surface area contributed by atoms with E-state index in [0.29, 0.717) is 0 Å². The third kappa shape index (κ3) is 16.2. The van der Waals surface area contributed by atoms with Gasteiger partial charge < -0.3 is 18.3 Å². The van der Waals surface area contributed by atoms with Gasteiger partial charge in [-0.15, -0.1) is 40.4 Å². The quantitative estimate of drug-likeness (QED) is 0.146. The Morgan fingerprint density at radius 1 is 0.231 bits per heavy atom. The molecule has 0 aliphatic rings. The average Bonchev–Trinajstić information content (AvgIpc) is 1.64. The van der Waals surface area contributed by atoms with Crippen LogP contribution >= 0.6 is 0 Å². The Morgan fingerprint density at radius 3 is 0.846 bits per heavy atom. The zero-order valence-corrected chi connectivity index (χ0v) is 81.1. The van der Waals surface area contributed by atoms with Gasteiger partial charge in [0.2, 0.25) is 0 Å². The van der Waals surface area contributed by atoms with Crippen molar-refractivity contribution >= 4 is 130 Å². The standard InChI is InChI=1S/C20H18N.3C19H15N.10Y/c1-4-14-9-10-16-17(12-14)13(2)11-18-15-7-5-6-8-19(15)21(3)20(16)18;1-12-8-9-15-16(10-12)13(2)11-17-14-6-4-5-7-18(14)20(3)19(15)17;2*1-12-8-9-18-16(10-12)17-11-13(2)14-6-4-5-7-15(14)19(17)20(18)3;;;;;;;;;;/h5-12H,2,4H2,1,3H3;3*4-11H,1-2H2,3H3;;;;;;;;;;/q-1;3*-2;;;;;;;;;;. The summed E-state index contributed by atoms with van der Waals surface area (Å²) in [5.74, 6) is 0. The molecule has 0 unspecified atom stereocenters. The van der Waals surface area contributed by atoms with Crippen LogP contribution < -0.4 is 0 Å². The maximum absolute atomic E-state index is 4.28. The number of fused-ring (bicyclic) bond motifs is 20. The van der Waals surface area contributed by atoms with Crippen molar-refractivity contribution in [2.24, 2.45) is 28.2 Å². The average molecular weight is 1930 g/mol. The van der Waals surface area contributed by atoms with Crippen molar-refractivity contribution in [1.82, 2.24) is 18.3 Å². The summed E-state index contributed by atoms with van der Waals surface area (Å²) in [6.45, 7) is 31.2. The summed E-state index contributed by atoms with van der Waals surface area (Å²) in [7, 11) is 8.54. The number of nitrogens with zero attached hydrogens (tertiary/aromatic N) is 4. The summed E-state index contributed by atoms with van der Waals surface area (Å²) < 4.78 is 9.12. The van der Waals surface area contributed by atoms with Gasteiger partial charge in [-0.3, -0.25) is 0 Å². The van der Waals surface area contributed by atoms with Crippen LogP contribution in [0.5, 0.6) is 0 Å². The molecule has 0 spiro atoms. The summed E-state index contributed by atoms with van der Waals surface area (Å²) in [6.07, 6.45) is 1.06. The van der Waals surface area contributed by atoms with Crippen LogP contribution in [0.2, 0.25) is 0 Å². The summed E-state index contributed by atoms with van der Waals surface area (Å²) >= 11 is 0. The summed E-state index contributed by atoms with van der Waals surface area (Å²) in [4.78, 5) is 0. The van der Waals surface area contributed by atoms with Crippen LogP contribution in [-0.2, 0) is 362 Å². The molecule has 0 atom stereocenters. The molecule has 0 aliphatic carbocycles. The smallest absolute Gasteiger partial charge is 0.0477 e. The fourth-order valence-electron chi connectivity index (χ4n) is 13.1. The molecule has 0 saturated heterocycles. The number of hydrogen-bond acceptors (Lipinski definition) is 0. The van der Waals surface area contributed by atoms with Crippen molar-refractivity contribution in [1.29, 1.82) is 0 Å². The predicted octanol–water partition coefficient (Wildman–Crippen LogP) is 19.8. The zero-order chi connectivity index (χ0) is 56.1. The van der Waals surface area contributed by atoms with E-state index in [1.165, 1.54) is 136 Å². The van der Waals surface area contributed by atoms with Gasteiger partial charge in [-0.05, 0) is 40.1 Å². The van der Waals surface area contributed by atoms with E-state index in [-0.39, 0.29) is 327 Å². The van der Waals surface area contributed by atoms with Gasteiger partial charge in [0.15, 0.2) is 0 Å². The van der Waals surface area contributed by atoms with Crippen LogP contribution in [0, 0.1) is 48.5 Å². The second kappa shape index (κ2) is 36.6. The minimum absolute atomic E-state index is 0. The SMILES string of the molecule is [CH2-]c1cc2c3ccccc3n(C)c2c2ccc(CC)cc12.[CH2-]c1ccc2c(c1)c([CH2-])cc1c3ccccc3n(C)c21.[CH2-]c1ccc2c(c1)c1cc([CH2-])c3ccccc3c1n2C.[CH2-]c1ccc2c(c1)c1cc([CH2-])c3ccccc3c1n2C.[Y].[Y].[Y].[Y].[Y].[Y].[Y].[Y].[Y].[Y]. The molecule has 4 nitrogen and oxygen atoms in total. The molecule has 12 aromatic carbocycles. The van der Waals surface area contributed by atoms with Crippen molar-refractivity contribution in [3.8, 4) is 0 Å². The van der Waals surface area contributed by atoms with Crippen molar-refractivity contribution in [3.63, 3.8) is 0 Å². The first-order valence-electron chi connectivity index (χ1n) is 27.7. The van der Waals surface area contributed by atoms with E-state index in [2.05, 4.69) is 296 Å². The van der Waals surface area contributed by atoms with Crippen LogP contribution in [0.25, 0.3) is 130 Å². The monoisotopic (exact) mass is 1930 g/mol. The molecule has 91 heavy (non-hydrogen) atoms. The van der Waals surface area contributed by atoms with E-state index >= 15 is 0 Å². The molecule has 16 rings (SSSR count). The van der Waals surface area contributed by atoms with Gasteiger partial charge in [-0.2, -0.15) is 142 Å². The number of rotatable bonds is 1. The van der Waals surface area contributed by atoms with Crippen molar-refractivity contribution < 1.29 is 327 Å². The van der Waals surface area contributed by atoms with Gasteiger partial charge >= 0.3 is 0 Å². The largest absolute Gasteiger partial charge is 0.347 e. The second-order valence-electron chi connectivity index (χ2n) is 21.9. The minimum Gasteiger partial charge on any atom is -0.347 e. The number of benzene rings is 12. The van der Waals surface area contributed by atoms with E-state index in [4.69, 9.17) is 0 Å². The molecule has 0 fully saturated rings. The van der Waals surface area contributed by atoms with E-state index in [1.807, 2.05) is 0 Å². The van der Waals surface area contributed by atoms with Crippen molar-refractivity contribution in [3.05, 3.63) is 287 Å². The molecule has 10 radical (unpaired) electrons. The van der Waals surface area contributed by atoms with E-state index in [9.17, 15) is 0 Å². The normalized spacial score (nSPS) is 10.4. The topological polar surface area (TPSA) is 19.7 Å². The molecule has 14 heteroatoms. The molecule has 4 heterocycles. The Morgan fingerprint density at radius 2 is 0.484 bits per heavy atom. The number of aryl methyl sites for hydroxylation is 5. The van der Waals surface area contributed by atoms with E-state index in [0.717, 1.165) is 45.4 Å². The van der Waals surface area contributed by atoms with Crippen LogP contribution in [0.3, 0.4) is 0 Å². The number of aromatic nitrogens is 4. The van der Waals surface area contributed by atoms with Gasteiger partial charge in [-0.25, -0.2) is 11.6 Å². The van der Waals surface area contributed by atoms with E-state index < -0.39 is 0 Å². The number of para-hydroxylation sites is 2. The Kier molecular flexibility index (Phi) is 34.6. The van der Waals surface area contributed by atoms with E-state index in [1.54, 1.807) is 0 Å². The third-order valence-electron chi connectivity index (χ3n) is 17.0. The van der Waals surface area contributed by atoms with Gasteiger partial charge in [-0.1, -0.05) is 153 Å². The van der Waals surface area contributed by atoms with Gasteiger partial charge in [0, 0.05) is 399 Å². The Balaban J connectivity index is 0.000000306.